The van der Waals surface area contributed by atoms with E-state index in [1.54, 1.807) is 12.1 Å². The third kappa shape index (κ3) is 6.28. The van der Waals surface area contributed by atoms with Crippen molar-refractivity contribution < 1.29 is 19.0 Å². The Kier molecular flexibility index (Phi) is 7.50. The van der Waals surface area contributed by atoms with Crippen LogP contribution in [-0.4, -0.2) is 55.1 Å². The Hall–Kier alpha value is -1.45. The smallest absolute Gasteiger partial charge is 0.127 e. The van der Waals surface area contributed by atoms with Crippen molar-refractivity contribution in [1.29, 1.82) is 0 Å². The van der Waals surface area contributed by atoms with Gasteiger partial charge in [-0.05, 0) is 18.9 Å². The number of rotatable bonds is 9. The Morgan fingerprint density at radius 2 is 2.30 bits per heavy atom. The first kappa shape index (κ1) is 17.9. The number of hydrogen-bond acceptors (Lipinski definition) is 4. The van der Waals surface area contributed by atoms with Gasteiger partial charge in [-0.25, -0.2) is 4.39 Å². The van der Waals surface area contributed by atoms with Crippen molar-refractivity contribution in [3.63, 3.8) is 0 Å². The monoisotopic (exact) mass is 321 g/mol. The maximum absolute atomic E-state index is 13.9. The molecule has 23 heavy (non-hydrogen) atoms. The zero-order chi connectivity index (χ0) is 16.5. The highest BCUT2D eigenvalue weighted by molar-refractivity contribution is 5.17. The van der Waals surface area contributed by atoms with Gasteiger partial charge in [0, 0.05) is 31.8 Å². The van der Waals surface area contributed by atoms with Crippen molar-refractivity contribution in [2.75, 3.05) is 32.9 Å². The zero-order valence-corrected chi connectivity index (χ0v) is 13.3. The molecule has 0 aromatic heterocycles. The van der Waals surface area contributed by atoms with Gasteiger partial charge in [-0.3, -0.25) is 4.90 Å². The van der Waals surface area contributed by atoms with Crippen LogP contribution in [-0.2, 0) is 16.0 Å². The SMILES string of the molecule is C#CCOCC(O)CN(Cc1ccccc1F)CC1CCCO1. The summed E-state index contributed by atoms with van der Waals surface area (Å²) in [6.45, 7) is 2.60. The third-order valence-corrected chi connectivity index (χ3v) is 3.80. The molecule has 1 saturated heterocycles. The first-order chi connectivity index (χ1) is 11.2. The molecule has 0 bridgehead atoms. The number of aliphatic hydroxyl groups is 1. The lowest BCUT2D eigenvalue weighted by molar-refractivity contribution is 0.00929. The summed E-state index contributed by atoms with van der Waals surface area (Å²) >= 11 is 0. The summed E-state index contributed by atoms with van der Waals surface area (Å²) in [5.74, 6) is 2.13. The molecule has 1 aliphatic heterocycles. The molecule has 0 amide bonds. The fourth-order valence-electron chi connectivity index (χ4n) is 2.75. The van der Waals surface area contributed by atoms with Crippen LogP contribution in [0.1, 0.15) is 18.4 Å². The second-order valence-corrected chi connectivity index (χ2v) is 5.79. The van der Waals surface area contributed by atoms with Gasteiger partial charge in [0.05, 0.1) is 18.8 Å². The third-order valence-electron chi connectivity index (χ3n) is 3.80. The summed E-state index contributed by atoms with van der Waals surface area (Å²) in [5, 5.41) is 10.1. The van der Waals surface area contributed by atoms with E-state index < -0.39 is 6.10 Å². The fraction of sp³-hybridized carbons (Fsp3) is 0.556. The molecule has 5 heteroatoms. The zero-order valence-electron chi connectivity index (χ0n) is 13.3. The molecule has 1 heterocycles. The summed E-state index contributed by atoms with van der Waals surface area (Å²) in [7, 11) is 0. The summed E-state index contributed by atoms with van der Waals surface area (Å²) in [6.07, 6.45) is 6.63. The van der Waals surface area contributed by atoms with Crippen LogP contribution in [0.25, 0.3) is 0 Å². The average Bonchev–Trinajstić information content (AvgIpc) is 3.03. The van der Waals surface area contributed by atoms with E-state index in [4.69, 9.17) is 15.9 Å². The van der Waals surface area contributed by atoms with Gasteiger partial charge < -0.3 is 14.6 Å². The van der Waals surface area contributed by atoms with Crippen molar-refractivity contribution in [3.05, 3.63) is 35.6 Å². The highest BCUT2D eigenvalue weighted by Gasteiger charge is 2.22. The summed E-state index contributed by atoms with van der Waals surface area (Å²) in [6, 6.07) is 6.70. The van der Waals surface area contributed by atoms with Gasteiger partial charge in [0.15, 0.2) is 0 Å². The van der Waals surface area contributed by atoms with Crippen LogP contribution in [0.5, 0.6) is 0 Å². The molecule has 0 aliphatic carbocycles. The minimum atomic E-state index is -0.670. The second-order valence-electron chi connectivity index (χ2n) is 5.79. The first-order valence-corrected chi connectivity index (χ1v) is 7.95. The van der Waals surface area contributed by atoms with E-state index in [1.807, 2.05) is 11.0 Å². The maximum Gasteiger partial charge on any atom is 0.127 e. The molecule has 1 N–H and O–H groups in total. The van der Waals surface area contributed by atoms with Crippen LogP contribution in [0.4, 0.5) is 4.39 Å². The number of benzene rings is 1. The van der Waals surface area contributed by atoms with Gasteiger partial charge in [0.2, 0.25) is 0 Å². The molecule has 126 valence electrons. The van der Waals surface area contributed by atoms with E-state index in [0.717, 1.165) is 19.4 Å². The van der Waals surface area contributed by atoms with Crippen LogP contribution in [0, 0.1) is 18.2 Å². The number of aliphatic hydroxyl groups excluding tert-OH is 1. The molecule has 2 rings (SSSR count). The average molecular weight is 321 g/mol. The van der Waals surface area contributed by atoms with Gasteiger partial charge in [-0.1, -0.05) is 24.1 Å². The minimum Gasteiger partial charge on any atom is -0.389 e. The maximum atomic E-state index is 13.9. The minimum absolute atomic E-state index is 0.139. The normalized spacial score (nSPS) is 19.0. The van der Waals surface area contributed by atoms with Crippen LogP contribution in [0.3, 0.4) is 0 Å². The molecule has 0 radical (unpaired) electrons. The lowest BCUT2D eigenvalue weighted by Gasteiger charge is -2.27. The van der Waals surface area contributed by atoms with E-state index in [1.165, 1.54) is 6.07 Å². The predicted octanol–water partition coefficient (Wildman–Crippen LogP) is 1.82. The quantitative estimate of drug-likeness (QED) is 0.556. The Labute approximate surface area is 137 Å². The molecule has 2 unspecified atom stereocenters. The largest absolute Gasteiger partial charge is 0.389 e. The van der Waals surface area contributed by atoms with Crippen molar-refractivity contribution in [2.24, 2.45) is 0 Å². The van der Waals surface area contributed by atoms with Crippen molar-refractivity contribution in [1.82, 2.24) is 4.90 Å². The highest BCUT2D eigenvalue weighted by atomic mass is 19.1. The van der Waals surface area contributed by atoms with Crippen LogP contribution in [0.2, 0.25) is 0 Å². The van der Waals surface area contributed by atoms with Crippen molar-refractivity contribution >= 4 is 0 Å². The molecule has 1 aliphatic rings. The van der Waals surface area contributed by atoms with E-state index in [9.17, 15) is 9.50 Å². The van der Waals surface area contributed by atoms with E-state index in [2.05, 4.69) is 5.92 Å². The Morgan fingerprint density at radius 1 is 1.48 bits per heavy atom. The molecule has 0 saturated carbocycles. The number of nitrogens with zero attached hydrogens (tertiary/aromatic N) is 1. The first-order valence-electron chi connectivity index (χ1n) is 7.95. The van der Waals surface area contributed by atoms with Crippen molar-refractivity contribution in [3.8, 4) is 12.3 Å². The van der Waals surface area contributed by atoms with Gasteiger partial charge in [0.1, 0.15) is 12.4 Å². The van der Waals surface area contributed by atoms with Gasteiger partial charge in [0.25, 0.3) is 0 Å². The topological polar surface area (TPSA) is 41.9 Å². The summed E-state index contributed by atoms with van der Waals surface area (Å²) in [5.41, 5.74) is 0.613. The predicted molar refractivity (Wildman–Crippen MR) is 86.3 cm³/mol. The Balaban J connectivity index is 1.93. The Morgan fingerprint density at radius 3 is 3.00 bits per heavy atom. The highest BCUT2D eigenvalue weighted by Crippen LogP contribution is 2.16. The molecule has 1 aromatic carbocycles. The van der Waals surface area contributed by atoms with Crippen LogP contribution < -0.4 is 0 Å². The molecule has 2 atom stereocenters. The lowest BCUT2D eigenvalue weighted by Crippen LogP contribution is -2.39. The van der Waals surface area contributed by atoms with Gasteiger partial charge >= 0.3 is 0 Å². The molecular weight excluding hydrogens is 297 g/mol. The molecule has 4 nitrogen and oxygen atoms in total. The number of ether oxygens (including phenoxy) is 2. The number of hydrogen-bond donors (Lipinski definition) is 1. The summed E-state index contributed by atoms with van der Waals surface area (Å²) in [4.78, 5) is 2.01. The molecule has 1 aromatic rings. The van der Waals surface area contributed by atoms with Crippen LogP contribution >= 0.6 is 0 Å². The second kappa shape index (κ2) is 9.64. The summed E-state index contributed by atoms with van der Waals surface area (Å²) < 4.78 is 24.7. The lowest BCUT2D eigenvalue weighted by atomic mass is 10.1. The van der Waals surface area contributed by atoms with Crippen molar-refractivity contribution in [2.45, 2.75) is 31.6 Å². The standard InChI is InChI=1S/C18H24FNO3/c1-2-9-22-14-16(21)12-20(13-17-7-5-10-23-17)11-15-6-3-4-8-18(15)19/h1,3-4,6,8,16-17,21H,5,7,9-14H2. The molecule has 0 spiro atoms. The Bertz CT molecular complexity index is 511. The van der Waals surface area contributed by atoms with Gasteiger partial charge in [-0.15, -0.1) is 6.42 Å². The van der Waals surface area contributed by atoms with E-state index in [-0.39, 0.29) is 25.1 Å². The van der Waals surface area contributed by atoms with Gasteiger partial charge in [-0.2, -0.15) is 0 Å². The van der Waals surface area contributed by atoms with E-state index in [0.29, 0.717) is 25.2 Å². The number of terminal acetylenes is 1. The fourth-order valence-corrected chi connectivity index (χ4v) is 2.75. The molecular formula is C18H24FNO3. The molecule has 1 fully saturated rings. The number of halogens is 1. The van der Waals surface area contributed by atoms with E-state index >= 15 is 0 Å². The van der Waals surface area contributed by atoms with Crippen LogP contribution in [0.15, 0.2) is 24.3 Å².